The molecule has 0 bridgehead atoms. The number of sulfonamides is 1. The summed E-state index contributed by atoms with van der Waals surface area (Å²) in [5.41, 5.74) is -0.320. The average molecular weight is 322 g/mol. The molecule has 0 aromatic heterocycles. The minimum atomic E-state index is -3.86. The summed E-state index contributed by atoms with van der Waals surface area (Å²) >= 11 is 5.79. The molecule has 0 heterocycles. The first-order valence-electron chi connectivity index (χ1n) is 6.03. The first-order valence-corrected chi connectivity index (χ1v) is 7.89. The van der Waals surface area contributed by atoms with Gasteiger partial charge < -0.3 is 5.32 Å². The summed E-state index contributed by atoms with van der Waals surface area (Å²) in [6, 6.07) is 3.30. The maximum absolute atomic E-state index is 12.0. The molecule has 7 nitrogen and oxygen atoms in total. The van der Waals surface area contributed by atoms with Gasteiger partial charge in [-0.25, -0.2) is 13.1 Å². The zero-order chi connectivity index (χ0) is 15.2. The number of benzene rings is 1. The average Bonchev–Trinajstić information content (AvgIpc) is 2.38. The number of hydrogen-bond acceptors (Lipinski definition) is 5. The Bertz CT molecular complexity index is 577. The van der Waals surface area contributed by atoms with E-state index in [0.29, 0.717) is 6.54 Å². The van der Waals surface area contributed by atoms with Crippen LogP contribution in [0.15, 0.2) is 23.1 Å². The fourth-order valence-corrected chi connectivity index (χ4v) is 3.01. The molecule has 112 valence electrons. The first-order chi connectivity index (χ1) is 9.38. The van der Waals surface area contributed by atoms with Crippen molar-refractivity contribution in [3.63, 3.8) is 0 Å². The highest BCUT2D eigenvalue weighted by molar-refractivity contribution is 7.89. The van der Waals surface area contributed by atoms with Gasteiger partial charge in [0.05, 0.1) is 9.95 Å². The lowest BCUT2D eigenvalue weighted by Crippen LogP contribution is -2.32. The Labute approximate surface area is 122 Å². The molecule has 0 aliphatic carbocycles. The lowest BCUT2D eigenvalue weighted by Gasteiger charge is -2.08. The second-order valence-electron chi connectivity index (χ2n) is 4.02. The van der Waals surface area contributed by atoms with Crippen LogP contribution in [0.2, 0.25) is 5.02 Å². The van der Waals surface area contributed by atoms with E-state index in [0.717, 1.165) is 25.1 Å². The van der Waals surface area contributed by atoms with E-state index in [2.05, 4.69) is 10.0 Å². The molecular formula is C11H16ClN3O4S. The Morgan fingerprint density at radius 2 is 2.00 bits per heavy atom. The van der Waals surface area contributed by atoms with Crippen LogP contribution in [0.3, 0.4) is 0 Å². The highest BCUT2D eigenvalue weighted by atomic mass is 35.5. The molecule has 0 unspecified atom stereocenters. The molecule has 1 rings (SSSR count). The van der Waals surface area contributed by atoms with Gasteiger partial charge >= 0.3 is 0 Å². The van der Waals surface area contributed by atoms with Crippen LogP contribution in [0, 0.1) is 10.1 Å². The molecule has 0 fully saturated rings. The van der Waals surface area contributed by atoms with E-state index >= 15 is 0 Å². The number of halogens is 1. The van der Waals surface area contributed by atoms with Gasteiger partial charge in [-0.15, -0.1) is 0 Å². The Kier molecular flexibility index (Phi) is 6.34. The van der Waals surface area contributed by atoms with Gasteiger partial charge in [0.25, 0.3) is 5.69 Å². The summed E-state index contributed by atoms with van der Waals surface area (Å²) in [7, 11) is -3.86. The molecule has 1 aromatic carbocycles. The Morgan fingerprint density at radius 1 is 1.30 bits per heavy atom. The van der Waals surface area contributed by atoms with Gasteiger partial charge in [0, 0.05) is 25.2 Å². The van der Waals surface area contributed by atoms with Gasteiger partial charge in [-0.05, 0) is 19.0 Å². The van der Waals surface area contributed by atoms with Crippen molar-refractivity contribution < 1.29 is 13.3 Å². The van der Waals surface area contributed by atoms with Gasteiger partial charge in [-0.3, -0.25) is 10.1 Å². The molecule has 0 spiro atoms. The predicted octanol–water partition coefficient (Wildman–Crippen LogP) is 1.53. The zero-order valence-electron chi connectivity index (χ0n) is 10.9. The van der Waals surface area contributed by atoms with Crippen molar-refractivity contribution in [3.8, 4) is 0 Å². The maximum Gasteiger partial charge on any atom is 0.270 e. The molecular weight excluding hydrogens is 306 g/mol. The molecule has 20 heavy (non-hydrogen) atoms. The largest absolute Gasteiger partial charge is 0.315 e. The second kappa shape index (κ2) is 7.53. The van der Waals surface area contributed by atoms with E-state index in [1.54, 1.807) is 0 Å². The number of nitro benzene ring substituents is 1. The van der Waals surface area contributed by atoms with Crippen LogP contribution in [0.1, 0.15) is 13.3 Å². The number of nitro groups is 1. The number of nitrogens with zero attached hydrogens (tertiary/aromatic N) is 1. The maximum atomic E-state index is 12.0. The van der Waals surface area contributed by atoms with E-state index in [4.69, 9.17) is 11.6 Å². The molecule has 2 N–H and O–H groups in total. The number of nitrogens with one attached hydrogen (secondary N) is 2. The van der Waals surface area contributed by atoms with Crippen LogP contribution >= 0.6 is 11.6 Å². The smallest absolute Gasteiger partial charge is 0.270 e. The molecule has 0 atom stereocenters. The zero-order valence-corrected chi connectivity index (χ0v) is 12.5. The van der Waals surface area contributed by atoms with E-state index < -0.39 is 14.9 Å². The minimum Gasteiger partial charge on any atom is -0.315 e. The number of hydrogen-bond donors (Lipinski definition) is 2. The molecule has 0 saturated heterocycles. The fraction of sp³-hybridized carbons (Fsp3) is 0.455. The van der Waals surface area contributed by atoms with Crippen molar-refractivity contribution in [1.82, 2.24) is 10.0 Å². The lowest BCUT2D eigenvalue weighted by atomic mass is 10.3. The van der Waals surface area contributed by atoms with Crippen LogP contribution in [0.5, 0.6) is 0 Å². The molecule has 0 amide bonds. The van der Waals surface area contributed by atoms with Gasteiger partial charge in [0.2, 0.25) is 10.0 Å². The molecule has 0 aliphatic heterocycles. The van der Waals surface area contributed by atoms with E-state index in [1.165, 1.54) is 6.07 Å². The highest BCUT2D eigenvalue weighted by Crippen LogP contribution is 2.25. The van der Waals surface area contributed by atoms with Crippen LogP contribution in [0.4, 0.5) is 5.69 Å². The minimum absolute atomic E-state index is 0.0513. The SMILES string of the molecule is CCCNCCNS(=O)(=O)c1cc([N+](=O)[O-])ccc1Cl. The Morgan fingerprint density at radius 3 is 2.60 bits per heavy atom. The summed E-state index contributed by atoms with van der Waals surface area (Å²) in [5, 5.41) is 13.6. The normalized spacial score (nSPS) is 11.5. The van der Waals surface area contributed by atoms with Crippen molar-refractivity contribution in [2.24, 2.45) is 0 Å². The summed E-state index contributed by atoms with van der Waals surface area (Å²) in [6.07, 6.45) is 0.948. The molecule has 1 aromatic rings. The molecule has 9 heteroatoms. The van der Waals surface area contributed by atoms with Crippen molar-refractivity contribution in [2.75, 3.05) is 19.6 Å². The van der Waals surface area contributed by atoms with Gasteiger partial charge in [-0.1, -0.05) is 18.5 Å². The monoisotopic (exact) mass is 321 g/mol. The number of rotatable bonds is 8. The number of non-ortho nitro benzene ring substituents is 1. The summed E-state index contributed by atoms with van der Waals surface area (Å²) < 4.78 is 26.4. The predicted molar refractivity (Wildman–Crippen MR) is 76.5 cm³/mol. The van der Waals surface area contributed by atoms with Crippen molar-refractivity contribution in [3.05, 3.63) is 33.3 Å². The topological polar surface area (TPSA) is 101 Å². The van der Waals surface area contributed by atoms with Crippen LogP contribution in [-0.4, -0.2) is 33.0 Å². The Balaban J connectivity index is 2.81. The lowest BCUT2D eigenvalue weighted by molar-refractivity contribution is -0.385. The van der Waals surface area contributed by atoms with Crippen molar-refractivity contribution in [1.29, 1.82) is 0 Å². The third-order valence-electron chi connectivity index (χ3n) is 2.44. The van der Waals surface area contributed by atoms with Crippen LogP contribution < -0.4 is 10.0 Å². The molecule has 0 saturated carbocycles. The third kappa shape index (κ3) is 4.71. The van der Waals surface area contributed by atoms with Gasteiger partial charge in [0.1, 0.15) is 4.90 Å². The highest BCUT2D eigenvalue weighted by Gasteiger charge is 2.20. The molecule has 0 aliphatic rings. The Hall–Kier alpha value is -1.22. The van der Waals surface area contributed by atoms with Gasteiger partial charge in [-0.2, -0.15) is 0 Å². The van der Waals surface area contributed by atoms with Crippen molar-refractivity contribution in [2.45, 2.75) is 18.2 Å². The third-order valence-corrected chi connectivity index (χ3v) is 4.38. The summed E-state index contributed by atoms with van der Waals surface area (Å²) in [6.45, 7) is 3.44. The van der Waals surface area contributed by atoms with E-state index in [-0.39, 0.29) is 22.2 Å². The first kappa shape index (κ1) is 16.8. The quantitative estimate of drug-likeness (QED) is 0.429. The molecule has 0 radical (unpaired) electrons. The summed E-state index contributed by atoms with van der Waals surface area (Å²) in [5.74, 6) is 0. The standard InChI is InChI=1S/C11H16ClN3O4S/c1-2-5-13-6-7-14-20(18,19)11-8-9(15(16)17)3-4-10(11)12/h3-4,8,13-14H,2,5-7H2,1H3. The van der Waals surface area contributed by atoms with Gasteiger partial charge in [0.15, 0.2) is 0 Å². The van der Waals surface area contributed by atoms with Crippen LogP contribution in [0.25, 0.3) is 0 Å². The summed E-state index contributed by atoms with van der Waals surface area (Å²) in [4.78, 5) is 9.70. The fourth-order valence-electron chi connectivity index (χ4n) is 1.46. The van der Waals surface area contributed by atoms with E-state index in [9.17, 15) is 18.5 Å². The second-order valence-corrected chi connectivity index (χ2v) is 6.16. The van der Waals surface area contributed by atoms with Crippen LogP contribution in [-0.2, 0) is 10.0 Å². The van der Waals surface area contributed by atoms with E-state index in [1.807, 2.05) is 6.92 Å². The van der Waals surface area contributed by atoms with Crippen molar-refractivity contribution >= 4 is 27.3 Å².